The lowest BCUT2D eigenvalue weighted by atomic mass is 9.88. The van der Waals surface area contributed by atoms with Crippen molar-refractivity contribution in [2.24, 2.45) is 5.92 Å². The van der Waals surface area contributed by atoms with Crippen LogP contribution in [0.25, 0.3) is 21.3 Å². The SMILES string of the molecule is O=C(CC(c1ccccc1)C1CC1)N1CCC(O)(Cn2cnc3c(-c4ccc5c(c4Cl)C[CH]C5)scc3c2=O)CC1. The van der Waals surface area contributed by atoms with Gasteiger partial charge in [-0.25, -0.2) is 4.98 Å². The molecule has 8 heteroatoms. The Kier molecular flexibility index (Phi) is 7.00. The molecule has 0 spiro atoms. The molecule has 2 aliphatic carbocycles. The maximum Gasteiger partial charge on any atom is 0.262 e. The van der Waals surface area contributed by atoms with Crippen LogP contribution in [0.15, 0.2) is 59.0 Å². The number of nitrogens with zero attached hydrogens (tertiary/aromatic N) is 3. The number of aliphatic hydroxyl groups is 1. The Labute approximate surface area is 248 Å². The van der Waals surface area contributed by atoms with Gasteiger partial charge in [-0.05, 0) is 73.5 Å². The summed E-state index contributed by atoms with van der Waals surface area (Å²) in [7, 11) is 0. The van der Waals surface area contributed by atoms with Gasteiger partial charge in [-0.15, -0.1) is 11.3 Å². The lowest BCUT2D eigenvalue weighted by molar-refractivity contribution is -0.136. The van der Waals surface area contributed by atoms with Crippen molar-refractivity contribution in [1.29, 1.82) is 0 Å². The van der Waals surface area contributed by atoms with E-state index in [0.717, 1.165) is 33.9 Å². The van der Waals surface area contributed by atoms with E-state index in [-0.39, 0.29) is 23.9 Å². The van der Waals surface area contributed by atoms with Gasteiger partial charge in [0.25, 0.3) is 5.56 Å². The van der Waals surface area contributed by atoms with Crippen LogP contribution in [0.5, 0.6) is 0 Å². The summed E-state index contributed by atoms with van der Waals surface area (Å²) in [6, 6.07) is 14.5. The number of piperidine rings is 1. The van der Waals surface area contributed by atoms with E-state index in [0.29, 0.717) is 49.2 Å². The molecule has 2 aromatic carbocycles. The Bertz CT molecular complexity index is 1670. The number of likely N-dealkylation sites (tertiary alicyclic amines) is 1. The van der Waals surface area contributed by atoms with E-state index >= 15 is 0 Å². The lowest BCUT2D eigenvalue weighted by Crippen LogP contribution is -2.49. The molecule has 3 aliphatic rings. The van der Waals surface area contributed by atoms with Crippen LogP contribution in [-0.2, 0) is 24.2 Å². The molecular weight excluding hydrogens is 554 g/mol. The molecule has 0 bridgehead atoms. The summed E-state index contributed by atoms with van der Waals surface area (Å²) < 4.78 is 1.52. The first-order chi connectivity index (χ1) is 19.9. The second-order valence-electron chi connectivity index (χ2n) is 11.9. The van der Waals surface area contributed by atoms with Gasteiger partial charge in [0.15, 0.2) is 0 Å². The number of benzene rings is 2. The first kappa shape index (κ1) is 26.9. The summed E-state index contributed by atoms with van der Waals surface area (Å²) in [5.74, 6) is 1.01. The van der Waals surface area contributed by atoms with Crippen LogP contribution in [-0.4, -0.2) is 44.2 Å². The maximum atomic E-state index is 13.5. The molecular formula is C33H33ClN3O3S. The summed E-state index contributed by atoms with van der Waals surface area (Å²) in [6.45, 7) is 1.14. The Morgan fingerprint density at radius 2 is 1.90 bits per heavy atom. The fraction of sp³-hybridized carbons (Fsp3) is 0.394. The van der Waals surface area contributed by atoms with Gasteiger partial charge in [-0.3, -0.25) is 14.2 Å². The van der Waals surface area contributed by atoms with Gasteiger partial charge < -0.3 is 10.0 Å². The Balaban J connectivity index is 1.04. The molecule has 1 unspecified atom stereocenters. The number of rotatable bonds is 7. The monoisotopic (exact) mass is 586 g/mol. The molecule has 2 fully saturated rings. The number of hydrogen-bond donors (Lipinski definition) is 1. The van der Waals surface area contributed by atoms with Crippen LogP contribution in [0.3, 0.4) is 0 Å². The quantitative estimate of drug-likeness (QED) is 0.287. The Morgan fingerprint density at radius 3 is 2.66 bits per heavy atom. The fourth-order valence-corrected chi connectivity index (χ4v) is 8.04. The highest BCUT2D eigenvalue weighted by molar-refractivity contribution is 7.15. The predicted octanol–water partition coefficient (Wildman–Crippen LogP) is 6.02. The van der Waals surface area contributed by atoms with E-state index in [1.807, 2.05) is 34.5 Å². The van der Waals surface area contributed by atoms with Crippen LogP contribution in [0, 0.1) is 12.3 Å². The molecule has 1 radical (unpaired) electrons. The Morgan fingerprint density at radius 1 is 1.12 bits per heavy atom. The zero-order valence-electron chi connectivity index (χ0n) is 22.9. The standard InChI is InChI=1S/C33H33ClN3O3S/c34-29-24-8-4-7-22(24)11-12-25(29)31-30-27(18-41-31)32(39)37(20-35-30)19-33(40)13-15-36(16-14-33)28(38)17-26(23-9-10-23)21-5-2-1-3-6-21/h1-6,11-12,18,20,23,26,40H,7-10,13-17,19H2. The van der Waals surface area contributed by atoms with E-state index in [1.165, 1.54) is 39.9 Å². The molecule has 3 heterocycles. The third-order valence-corrected chi connectivity index (χ3v) is 10.6. The van der Waals surface area contributed by atoms with Crippen molar-refractivity contribution in [3.8, 4) is 10.4 Å². The zero-order valence-corrected chi connectivity index (χ0v) is 24.5. The molecule has 7 rings (SSSR count). The highest BCUT2D eigenvalue weighted by Crippen LogP contribution is 2.45. The number of halogens is 1. The second-order valence-corrected chi connectivity index (χ2v) is 13.2. The van der Waals surface area contributed by atoms with Gasteiger partial charge in [0, 0.05) is 30.5 Å². The average Bonchev–Trinajstić information content (AvgIpc) is 3.54. The molecule has 1 N–H and O–H groups in total. The smallest absolute Gasteiger partial charge is 0.262 e. The number of hydrogen-bond acceptors (Lipinski definition) is 5. The van der Waals surface area contributed by atoms with E-state index in [9.17, 15) is 14.7 Å². The topological polar surface area (TPSA) is 75.4 Å². The van der Waals surface area contributed by atoms with E-state index in [2.05, 4.69) is 29.6 Å². The van der Waals surface area contributed by atoms with Crippen molar-refractivity contribution >= 4 is 39.7 Å². The van der Waals surface area contributed by atoms with Crippen molar-refractivity contribution in [2.75, 3.05) is 13.1 Å². The Hall–Kier alpha value is -3.00. The molecule has 1 saturated carbocycles. The van der Waals surface area contributed by atoms with Crippen molar-refractivity contribution < 1.29 is 9.90 Å². The van der Waals surface area contributed by atoms with Gasteiger partial charge in [-0.1, -0.05) is 54.1 Å². The summed E-state index contributed by atoms with van der Waals surface area (Å²) in [4.78, 5) is 34.2. The number of thiophene rings is 1. The van der Waals surface area contributed by atoms with Crippen LogP contribution in [0.4, 0.5) is 0 Å². The summed E-state index contributed by atoms with van der Waals surface area (Å²) in [5.41, 5.74) is 4.00. The second kappa shape index (κ2) is 10.7. The van der Waals surface area contributed by atoms with Crippen molar-refractivity contribution in [3.63, 3.8) is 0 Å². The lowest BCUT2D eigenvalue weighted by Gasteiger charge is -2.39. The first-order valence-electron chi connectivity index (χ1n) is 14.5. The largest absolute Gasteiger partial charge is 0.388 e. The normalized spacial score (nSPS) is 18.9. The molecule has 41 heavy (non-hydrogen) atoms. The van der Waals surface area contributed by atoms with E-state index in [4.69, 9.17) is 11.6 Å². The van der Waals surface area contributed by atoms with E-state index < -0.39 is 5.60 Å². The van der Waals surface area contributed by atoms with Crippen LogP contribution in [0.2, 0.25) is 5.02 Å². The minimum atomic E-state index is -1.07. The van der Waals surface area contributed by atoms with Crippen molar-refractivity contribution in [3.05, 3.63) is 92.7 Å². The highest BCUT2D eigenvalue weighted by atomic mass is 35.5. The van der Waals surface area contributed by atoms with Crippen LogP contribution in [0.1, 0.15) is 54.7 Å². The highest BCUT2D eigenvalue weighted by Gasteiger charge is 2.38. The third-order valence-electron chi connectivity index (χ3n) is 9.20. The summed E-state index contributed by atoms with van der Waals surface area (Å²) in [6.07, 6.45) is 9.32. The number of amides is 1. The molecule has 6 nitrogen and oxygen atoms in total. The van der Waals surface area contributed by atoms with Gasteiger partial charge in [-0.2, -0.15) is 0 Å². The van der Waals surface area contributed by atoms with Gasteiger partial charge in [0.1, 0.15) is 0 Å². The number of carbonyl (C=O) groups is 1. The molecule has 1 aliphatic heterocycles. The van der Waals surface area contributed by atoms with Crippen LogP contribution >= 0.6 is 22.9 Å². The predicted molar refractivity (Wildman–Crippen MR) is 163 cm³/mol. The minimum absolute atomic E-state index is 0.155. The molecule has 1 amide bonds. The molecule has 1 saturated heterocycles. The van der Waals surface area contributed by atoms with Gasteiger partial charge in [0.2, 0.25) is 5.91 Å². The fourth-order valence-electron chi connectivity index (χ4n) is 6.61. The summed E-state index contributed by atoms with van der Waals surface area (Å²) >= 11 is 8.27. The van der Waals surface area contributed by atoms with Gasteiger partial charge >= 0.3 is 0 Å². The average molecular weight is 587 g/mol. The minimum Gasteiger partial charge on any atom is -0.388 e. The van der Waals surface area contributed by atoms with Crippen molar-refractivity contribution in [1.82, 2.24) is 14.5 Å². The maximum absolute atomic E-state index is 13.5. The van der Waals surface area contributed by atoms with E-state index in [1.54, 1.807) is 6.33 Å². The first-order valence-corrected chi connectivity index (χ1v) is 15.8. The number of fused-ring (bicyclic) bond motifs is 2. The van der Waals surface area contributed by atoms with Crippen molar-refractivity contribution in [2.45, 2.75) is 63.0 Å². The number of aromatic nitrogens is 2. The van der Waals surface area contributed by atoms with Gasteiger partial charge in [0.05, 0.1) is 39.3 Å². The number of carbonyl (C=O) groups excluding carboxylic acids is 1. The molecule has 211 valence electrons. The molecule has 2 aromatic heterocycles. The summed E-state index contributed by atoms with van der Waals surface area (Å²) in [5, 5.41) is 14.6. The molecule has 4 aromatic rings. The van der Waals surface area contributed by atoms with Crippen LogP contribution < -0.4 is 5.56 Å². The third kappa shape index (κ3) is 5.13. The zero-order chi connectivity index (χ0) is 28.1. The molecule has 1 atom stereocenters.